The summed E-state index contributed by atoms with van der Waals surface area (Å²) in [7, 11) is 0. The predicted molar refractivity (Wildman–Crippen MR) is 60.4 cm³/mol. The molecule has 0 atom stereocenters. The van der Waals surface area contributed by atoms with Crippen molar-refractivity contribution < 1.29 is 0 Å². The molecule has 0 aliphatic rings. The Morgan fingerprint density at radius 3 is 2.62 bits per heavy atom. The lowest BCUT2D eigenvalue weighted by atomic mass is 10.2. The monoisotopic (exact) mass is 274 g/mol. The van der Waals surface area contributed by atoms with Crippen LogP contribution >= 0.6 is 38.8 Å². The van der Waals surface area contributed by atoms with Crippen molar-refractivity contribution in [2.75, 3.05) is 0 Å². The molecule has 2 rings (SSSR count). The summed E-state index contributed by atoms with van der Waals surface area (Å²) in [6.07, 6.45) is 0. The van der Waals surface area contributed by atoms with Crippen molar-refractivity contribution in [3.05, 3.63) is 20.6 Å². The van der Waals surface area contributed by atoms with Crippen LogP contribution in [0.2, 0.25) is 0 Å². The lowest BCUT2D eigenvalue weighted by Gasteiger charge is -1.92. The molecule has 0 saturated heterocycles. The molecule has 0 N–H and O–H groups in total. The lowest BCUT2D eigenvalue weighted by molar-refractivity contribution is 1.26. The van der Waals surface area contributed by atoms with E-state index in [-0.39, 0.29) is 0 Å². The van der Waals surface area contributed by atoms with Crippen LogP contribution in [0.3, 0.4) is 0 Å². The van der Waals surface area contributed by atoms with Crippen LogP contribution in [-0.2, 0) is 0 Å². The Kier molecular flexibility index (Phi) is 2.49. The van der Waals surface area contributed by atoms with Gasteiger partial charge in [-0.1, -0.05) is 0 Å². The molecule has 2 aromatic heterocycles. The largest absolute Gasteiger partial charge is 0.209 e. The van der Waals surface area contributed by atoms with E-state index in [9.17, 15) is 0 Å². The topological polar surface area (TPSA) is 25.8 Å². The third kappa shape index (κ3) is 1.68. The third-order valence-electron chi connectivity index (χ3n) is 1.92. The number of nitrogens with zero attached hydrogens (tertiary/aromatic N) is 2. The second-order valence-electron chi connectivity index (χ2n) is 2.70. The van der Waals surface area contributed by atoms with Crippen LogP contribution in [0, 0.1) is 13.8 Å². The molecule has 0 radical (unpaired) electrons. The summed E-state index contributed by atoms with van der Waals surface area (Å²) in [6, 6.07) is 0. The Bertz CT molecular complexity index is 433. The zero-order chi connectivity index (χ0) is 9.42. The molecule has 0 amide bonds. The zero-order valence-corrected chi connectivity index (χ0v) is 10.4. The van der Waals surface area contributed by atoms with Gasteiger partial charge in [-0.2, -0.15) is 4.37 Å². The van der Waals surface area contributed by atoms with E-state index in [1.54, 1.807) is 11.3 Å². The fourth-order valence-electron chi connectivity index (χ4n) is 1.04. The molecule has 2 aromatic rings. The average molecular weight is 275 g/mol. The molecule has 68 valence electrons. The van der Waals surface area contributed by atoms with E-state index in [1.807, 2.05) is 0 Å². The van der Waals surface area contributed by atoms with Gasteiger partial charge in [0, 0.05) is 15.8 Å². The van der Waals surface area contributed by atoms with Crippen molar-refractivity contribution in [3.63, 3.8) is 0 Å². The van der Waals surface area contributed by atoms with Gasteiger partial charge in [-0.15, -0.1) is 11.3 Å². The summed E-state index contributed by atoms with van der Waals surface area (Å²) in [5, 5.41) is 3.13. The van der Waals surface area contributed by atoms with Crippen molar-refractivity contribution in [3.8, 4) is 10.6 Å². The summed E-state index contributed by atoms with van der Waals surface area (Å²) in [5.41, 5.74) is 2.53. The molecule has 13 heavy (non-hydrogen) atoms. The lowest BCUT2D eigenvalue weighted by Crippen LogP contribution is -1.76. The van der Waals surface area contributed by atoms with Gasteiger partial charge in [0.05, 0.1) is 0 Å². The van der Waals surface area contributed by atoms with Crippen molar-refractivity contribution in [1.82, 2.24) is 9.36 Å². The molecule has 0 bridgehead atoms. The molecular weight excluding hydrogens is 268 g/mol. The van der Waals surface area contributed by atoms with Crippen LogP contribution in [0.1, 0.15) is 10.4 Å². The number of rotatable bonds is 1. The van der Waals surface area contributed by atoms with Gasteiger partial charge in [0.1, 0.15) is 5.01 Å². The van der Waals surface area contributed by atoms with Crippen LogP contribution in [0.15, 0.2) is 10.1 Å². The van der Waals surface area contributed by atoms with Gasteiger partial charge in [0.15, 0.2) is 0 Å². The molecule has 2 nitrogen and oxygen atoms in total. The number of hydrogen-bond acceptors (Lipinski definition) is 4. The second-order valence-corrected chi connectivity index (χ2v) is 5.24. The van der Waals surface area contributed by atoms with Gasteiger partial charge in [0.25, 0.3) is 0 Å². The number of aromatic nitrogens is 2. The summed E-state index contributed by atoms with van der Waals surface area (Å²) in [5.74, 6) is 0. The normalized spacial score (nSPS) is 10.7. The van der Waals surface area contributed by atoms with Crippen molar-refractivity contribution >= 4 is 38.8 Å². The van der Waals surface area contributed by atoms with E-state index in [0.717, 1.165) is 5.01 Å². The quantitative estimate of drug-likeness (QED) is 0.794. The van der Waals surface area contributed by atoms with Crippen molar-refractivity contribution in [2.45, 2.75) is 13.8 Å². The number of aryl methyl sites for hydroxylation is 1. The van der Waals surface area contributed by atoms with Gasteiger partial charge in [-0.25, -0.2) is 4.98 Å². The molecule has 0 aromatic carbocycles. The first-order chi connectivity index (χ1) is 6.18. The molecule has 0 unspecified atom stereocenters. The first-order valence-corrected chi connectivity index (χ1v) is 6.17. The first-order valence-electron chi connectivity index (χ1n) is 3.73. The van der Waals surface area contributed by atoms with Crippen LogP contribution in [0.5, 0.6) is 0 Å². The van der Waals surface area contributed by atoms with Crippen LogP contribution in [0.4, 0.5) is 0 Å². The first kappa shape index (κ1) is 9.30. The maximum Gasteiger partial charge on any atom is 0.209 e. The summed E-state index contributed by atoms with van der Waals surface area (Å²) in [4.78, 5) is 5.63. The molecule has 0 saturated carbocycles. The molecule has 0 spiro atoms. The van der Waals surface area contributed by atoms with E-state index in [4.69, 9.17) is 0 Å². The van der Waals surface area contributed by atoms with E-state index < -0.39 is 0 Å². The van der Waals surface area contributed by atoms with Crippen LogP contribution < -0.4 is 0 Å². The van der Waals surface area contributed by atoms with Gasteiger partial charge in [-0.3, -0.25) is 0 Å². The highest BCUT2D eigenvalue weighted by molar-refractivity contribution is 9.10. The average Bonchev–Trinajstić information content (AvgIpc) is 2.62. The van der Waals surface area contributed by atoms with Gasteiger partial charge in [-0.05, 0) is 46.9 Å². The molecule has 5 heteroatoms. The Morgan fingerprint density at radius 2 is 2.15 bits per heavy atom. The molecule has 0 aliphatic heterocycles. The highest BCUT2D eigenvalue weighted by Gasteiger charge is 2.10. The zero-order valence-electron chi connectivity index (χ0n) is 7.17. The summed E-state index contributed by atoms with van der Waals surface area (Å²) in [6.45, 7) is 4.25. The molecular formula is C8H7BrN2S2. The maximum atomic E-state index is 4.29. The van der Waals surface area contributed by atoms with Crippen LogP contribution in [-0.4, -0.2) is 9.36 Å². The molecule has 0 aliphatic carbocycles. The van der Waals surface area contributed by atoms with Gasteiger partial charge >= 0.3 is 0 Å². The maximum absolute atomic E-state index is 4.29. The Balaban J connectivity index is 2.52. The van der Waals surface area contributed by atoms with Gasteiger partial charge in [0.2, 0.25) is 4.73 Å². The van der Waals surface area contributed by atoms with Crippen molar-refractivity contribution in [1.29, 1.82) is 0 Å². The van der Waals surface area contributed by atoms with Crippen molar-refractivity contribution in [2.24, 2.45) is 0 Å². The highest BCUT2D eigenvalue weighted by Crippen LogP contribution is 2.31. The Hall–Kier alpha value is -0.260. The second kappa shape index (κ2) is 3.48. The molecule has 0 fully saturated rings. The number of thiophene rings is 1. The minimum Gasteiger partial charge on any atom is -0.209 e. The molecule has 2 heterocycles. The minimum atomic E-state index is 0.677. The highest BCUT2D eigenvalue weighted by atomic mass is 79.9. The van der Waals surface area contributed by atoms with E-state index >= 15 is 0 Å². The van der Waals surface area contributed by atoms with Gasteiger partial charge < -0.3 is 0 Å². The standard InChI is InChI=1S/C8H7BrN2S2/c1-4-5(2)12-3-6(4)7-10-8(9)11-13-7/h3H,1-2H3. The minimum absolute atomic E-state index is 0.677. The Labute approximate surface area is 92.9 Å². The van der Waals surface area contributed by atoms with E-state index in [0.29, 0.717) is 4.73 Å². The number of hydrogen-bond donors (Lipinski definition) is 0. The van der Waals surface area contributed by atoms with E-state index in [2.05, 4.69) is 44.5 Å². The van der Waals surface area contributed by atoms with E-state index in [1.165, 1.54) is 27.5 Å². The number of halogens is 1. The van der Waals surface area contributed by atoms with Crippen LogP contribution in [0.25, 0.3) is 10.6 Å². The SMILES string of the molecule is Cc1scc(-c2nc(Br)ns2)c1C. The Morgan fingerprint density at radius 1 is 1.38 bits per heavy atom. The fourth-order valence-corrected chi connectivity index (χ4v) is 3.14. The summed E-state index contributed by atoms with van der Waals surface area (Å²) >= 11 is 6.44. The third-order valence-corrected chi connectivity index (χ3v) is 4.27. The fraction of sp³-hybridized carbons (Fsp3) is 0.250. The summed E-state index contributed by atoms with van der Waals surface area (Å²) < 4.78 is 4.77. The predicted octanol–water partition coefficient (Wildman–Crippen LogP) is 3.65. The smallest absolute Gasteiger partial charge is 0.209 e.